The Balaban J connectivity index is 3.19. The van der Waals surface area contributed by atoms with Crippen molar-refractivity contribution in [1.29, 1.82) is 0 Å². The Morgan fingerprint density at radius 1 is 1.31 bits per heavy atom. The fourth-order valence-electron chi connectivity index (χ4n) is 1.28. The van der Waals surface area contributed by atoms with Gasteiger partial charge in [0.2, 0.25) is 0 Å². The lowest BCUT2D eigenvalue weighted by atomic mass is 10.1. The van der Waals surface area contributed by atoms with Crippen LogP contribution in [0, 0.1) is 0 Å². The smallest absolute Gasteiger partial charge is 0.303 e. The molecular weight excluding hydrogens is 166 g/mol. The van der Waals surface area contributed by atoms with Crippen LogP contribution in [0.15, 0.2) is 0 Å². The second kappa shape index (κ2) is 8.05. The van der Waals surface area contributed by atoms with Crippen LogP contribution in [0.2, 0.25) is 0 Å². The first-order chi connectivity index (χ1) is 6.20. The average molecular weight is 187 g/mol. The van der Waals surface area contributed by atoms with Gasteiger partial charge in [-0.15, -0.1) is 0 Å². The lowest BCUT2D eigenvalue weighted by Gasteiger charge is -2.13. The lowest BCUT2D eigenvalue weighted by Crippen LogP contribution is -2.28. The van der Waals surface area contributed by atoms with E-state index in [1.165, 1.54) is 0 Å². The normalized spacial score (nSPS) is 10.7. The van der Waals surface area contributed by atoms with E-state index in [9.17, 15) is 4.79 Å². The average Bonchev–Trinajstić information content (AvgIpc) is 2.11. The van der Waals surface area contributed by atoms with Gasteiger partial charge in [-0.25, -0.2) is 0 Å². The maximum atomic E-state index is 10.2. The molecule has 2 N–H and O–H groups in total. The highest BCUT2D eigenvalue weighted by Gasteiger charge is 2.01. The molecule has 0 heterocycles. The maximum absolute atomic E-state index is 10.2. The van der Waals surface area contributed by atoms with Crippen molar-refractivity contribution in [3.05, 3.63) is 0 Å². The van der Waals surface area contributed by atoms with Crippen LogP contribution < -0.4 is 5.32 Å². The number of hydrogen-bond donors (Lipinski definition) is 2. The summed E-state index contributed by atoms with van der Waals surface area (Å²) in [6, 6.07) is 0.602. The van der Waals surface area contributed by atoms with Crippen LogP contribution in [-0.4, -0.2) is 23.7 Å². The molecule has 0 aromatic heterocycles. The molecule has 0 rings (SSSR count). The predicted molar refractivity (Wildman–Crippen MR) is 53.9 cm³/mol. The lowest BCUT2D eigenvalue weighted by molar-refractivity contribution is -0.137. The Hall–Kier alpha value is -0.570. The quantitative estimate of drug-likeness (QED) is 0.571. The fraction of sp³-hybridized carbons (Fsp3) is 0.900. The summed E-state index contributed by atoms with van der Waals surface area (Å²) < 4.78 is 0. The molecule has 0 saturated heterocycles. The Bertz CT molecular complexity index is 133. The van der Waals surface area contributed by atoms with E-state index in [1.807, 2.05) is 0 Å². The summed E-state index contributed by atoms with van der Waals surface area (Å²) in [6.07, 6.45) is 4.33. The summed E-state index contributed by atoms with van der Waals surface area (Å²) in [5.74, 6) is -0.692. The van der Waals surface area contributed by atoms with Crippen molar-refractivity contribution in [3.63, 3.8) is 0 Å². The highest BCUT2D eigenvalue weighted by atomic mass is 16.4. The molecule has 0 unspecified atom stereocenters. The fourth-order valence-corrected chi connectivity index (χ4v) is 1.28. The van der Waals surface area contributed by atoms with Gasteiger partial charge < -0.3 is 10.4 Å². The molecule has 0 aliphatic carbocycles. The Morgan fingerprint density at radius 2 is 1.92 bits per heavy atom. The van der Waals surface area contributed by atoms with Crippen LogP contribution in [0.5, 0.6) is 0 Å². The summed E-state index contributed by atoms with van der Waals surface area (Å²) in [5, 5.41) is 11.8. The maximum Gasteiger partial charge on any atom is 0.303 e. The van der Waals surface area contributed by atoms with Crippen LogP contribution in [0.3, 0.4) is 0 Å². The zero-order chi connectivity index (χ0) is 10.1. The van der Waals surface area contributed by atoms with Gasteiger partial charge >= 0.3 is 5.97 Å². The molecule has 13 heavy (non-hydrogen) atoms. The van der Waals surface area contributed by atoms with Gasteiger partial charge in [0.1, 0.15) is 0 Å². The minimum atomic E-state index is -0.692. The minimum Gasteiger partial charge on any atom is -0.481 e. The highest BCUT2D eigenvalue weighted by molar-refractivity contribution is 5.66. The third kappa shape index (κ3) is 7.78. The van der Waals surface area contributed by atoms with Crippen LogP contribution in [0.1, 0.15) is 46.0 Å². The van der Waals surface area contributed by atoms with Crippen molar-refractivity contribution >= 4 is 5.97 Å². The molecule has 0 bridgehead atoms. The van der Waals surface area contributed by atoms with Crippen molar-refractivity contribution in [2.75, 3.05) is 6.54 Å². The third-order valence-electron chi connectivity index (χ3n) is 2.24. The van der Waals surface area contributed by atoms with Crippen molar-refractivity contribution in [3.8, 4) is 0 Å². The molecule has 0 spiro atoms. The Labute approximate surface area is 80.5 Å². The number of carbonyl (C=O) groups is 1. The van der Waals surface area contributed by atoms with E-state index in [-0.39, 0.29) is 0 Å². The van der Waals surface area contributed by atoms with Gasteiger partial charge in [-0.3, -0.25) is 4.79 Å². The van der Waals surface area contributed by atoms with Gasteiger partial charge in [-0.2, -0.15) is 0 Å². The first-order valence-corrected chi connectivity index (χ1v) is 5.15. The SMILES string of the molecule is CCC(CC)NCCCCC(=O)O. The monoisotopic (exact) mass is 187 g/mol. The van der Waals surface area contributed by atoms with E-state index in [1.54, 1.807) is 0 Å². The van der Waals surface area contributed by atoms with Gasteiger partial charge in [-0.1, -0.05) is 13.8 Å². The number of carboxylic acids is 1. The zero-order valence-electron chi connectivity index (χ0n) is 8.68. The van der Waals surface area contributed by atoms with E-state index in [0.717, 1.165) is 32.2 Å². The molecule has 78 valence electrons. The third-order valence-corrected chi connectivity index (χ3v) is 2.24. The number of aliphatic carboxylic acids is 1. The zero-order valence-corrected chi connectivity index (χ0v) is 8.68. The Kier molecular flexibility index (Phi) is 7.69. The second-order valence-corrected chi connectivity index (χ2v) is 3.32. The number of unbranched alkanes of at least 4 members (excludes halogenated alkanes) is 1. The number of nitrogens with one attached hydrogen (secondary N) is 1. The number of carboxylic acid groups (broad SMARTS) is 1. The van der Waals surface area contributed by atoms with Crippen LogP contribution >= 0.6 is 0 Å². The number of rotatable bonds is 8. The van der Waals surface area contributed by atoms with Gasteiger partial charge in [0.05, 0.1) is 0 Å². The minimum absolute atomic E-state index is 0.296. The van der Waals surface area contributed by atoms with E-state index < -0.39 is 5.97 Å². The Morgan fingerprint density at radius 3 is 2.38 bits per heavy atom. The van der Waals surface area contributed by atoms with Crippen LogP contribution in [0.4, 0.5) is 0 Å². The molecule has 0 atom stereocenters. The molecular formula is C10H21NO2. The number of hydrogen-bond acceptors (Lipinski definition) is 2. The molecule has 0 amide bonds. The predicted octanol–water partition coefficient (Wildman–Crippen LogP) is 2.02. The van der Waals surface area contributed by atoms with Gasteiger partial charge in [0, 0.05) is 12.5 Å². The molecule has 0 aromatic rings. The second-order valence-electron chi connectivity index (χ2n) is 3.32. The van der Waals surface area contributed by atoms with E-state index in [4.69, 9.17) is 5.11 Å². The molecule has 3 heteroatoms. The molecule has 0 aliphatic rings. The molecule has 0 saturated carbocycles. The summed E-state index contributed by atoms with van der Waals surface area (Å²) in [7, 11) is 0. The molecule has 0 radical (unpaired) electrons. The highest BCUT2D eigenvalue weighted by Crippen LogP contribution is 1.98. The van der Waals surface area contributed by atoms with Crippen molar-refractivity contribution in [2.45, 2.75) is 52.0 Å². The topological polar surface area (TPSA) is 49.3 Å². The molecule has 3 nitrogen and oxygen atoms in total. The largest absolute Gasteiger partial charge is 0.481 e. The molecule has 0 fully saturated rings. The van der Waals surface area contributed by atoms with Gasteiger partial charge in [0.25, 0.3) is 0 Å². The first-order valence-electron chi connectivity index (χ1n) is 5.15. The summed E-state index contributed by atoms with van der Waals surface area (Å²) in [6.45, 7) is 5.27. The summed E-state index contributed by atoms with van der Waals surface area (Å²) >= 11 is 0. The standard InChI is InChI=1S/C10H21NO2/c1-3-9(4-2)11-8-6-5-7-10(12)13/h9,11H,3-8H2,1-2H3,(H,12,13). The first kappa shape index (κ1) is 12.4. The van der Waals surface area contributed by atoms with E-state index in [2.05, 4.69) is 19.2 Å². The molecule has 0 aliphatic heterocycles. The van der Waals surface area contributed by atoms with Gasteiger partial charge in [0.15, 0.2) is 0 Å². The van der Waals surface area contributed by atoms with Crippen molar-refractivity contribution in [2.24, 2.45) is 0 Å². The van der Waals surface area contributed by atoms with Gasteiger partial charge in [-0.05, 0) is 32.2 Å². The van der Waals surface area contributed by atoms with Crippen LogP contribution in [0.25, 0.3) is 0 Å². The van der Waals surface area contributed by atoms with Crippen molar-refractivity contribution in [1.82, 2.24) is 5.32 Å². The summed E-state index contributed by atoms with van der Waals surface area (Å²) in [5.41, 5.74) is 0. The van der Waals surface area contributed by atoms with Crippen LogP contribution in [-0.2, 0) is 4.79 Å². The van der Waals surface area contributed by atoms with Crippen molar-refractivity contribution < 1.29 is 9.90 Å². The molecule has 0 aromatic carbocycles. The van der Waals surface area contributed by atoms with E-state index >= 15 is 0 Å². The van der Waals surface area contributed by atoms with E-state index in [0.29, 0.717) is 12.5 Å². The summed E-state index contributed by atoms with van der Waals surface area (Å²) in [4.78, 5) is 10.2.